The van der Waals surface area contributed by atoms with Gasteiger partial charge in [-0.2, -0.15) is 0 Å². The summed E-state index contributed by atoms with van der Waals surface area (Å²) in [5.41, 5.74) is -0.415. The van der Waals surface area contributed by atoms with E-state index in [0.717, 1.165) is 6.42 Å². The SMILES string of the molecule is CCC=CC1(C[C@H](NC(C)=O)C(=O)OCC)C=CC(O)=CC1. The Morgan fingerprint density at radius 2 is 2.23 bits per heavy atom. The molecule has 1 amide bonds. The molecule has 1 rings (SSSR count). The molecule has 0 heterocycles. The molecule has 0 aromatic heterocycles. The normalized spacial score (nSPS) is 22.2. The van der Waals surface area contributed by atoms with E-state index in [-0.39, 0.29) is 18.3 Å². The van der Waals surface area contributed by atoms with Crippen molar-refractivity contribution in [1.29, 1.82) is 0 Å². The third kappa shape index (κ3) is 5.39. The summed E-state index contributed by atoms with van der Waals surface area (Å²) < 4.78 is 5.05. The molecule has 22 heavy (non-hydrogen) atoms. The number of rotatable bonds is 7. The number of carbonyl (C=O) groups is 2. The second-order valence-corrected chi connectivity index (χ2v) is 5.42. The number of amides is 1. The third-order valence-corrected chi connectivity index (χ3v) is 3.50. The number of allylic oxidation sites excluding steroid dienone is 5. The largest absolute Gasteiger partial charge is 0.508 e. The highest BCUT2D eigenvalue weighted by atomic mass is 16.5. The summed E-state index contributed by atoms with van der Waals surface area (Å²) in [6.07, 6.45) is 11.1. The molecular weight excluding hydrogens is 282 g/mol. The Morgan fingerprint density at radius 1 is 1.50 bits per heavy atom. The molecule has 0 fully saturated rings. The maximum absolute atomic E-state index is 12.1. The highest BCUT2D eigenvalue weighted by Crippen LogP contribution is 2.36. The van der Waals surface area contributed by atoms with Gasteiger partial charge < -0.3 is 15.2 Å². The molecule has 0 aromatic rings. The lowest BCUT2D eigenvalue weighted by Crippen LogP contribution is -2.44. The Morgan fingerprint density at radius 3 is 2.73 bits per heavy atom. The van der Waals surface area contributed by atoms with E-state index in [9.17, 15) is 14.7 Å². The Kier molecular flexibility index (Phi) is 6.89. The van der Waals surface area contributed by atoms with Crippen molar-refractivity contribution in [2.75, 3.05) is 6.61 Å². The maximum atomic E-state index is 12.1. The van der Waals surface area contributed by atoms with Gasteiger partial charge in [-0.15, -0.1) is 0 Å². The smallest absolute Gasteiger partial charge is 0.328 e. The first-order valence-corrected chi connectivity index (χ1v) is 7.62. The number of carbonyl (C=O) groups excluding carboxylic acids is 2. The summed E-state index contributed by atoms with van der Waals surface area (Å²) in [5.74, 6) is -0.493. The minimum absolute atomic E-state index is 0.215. The van der Waals surface area contributed by atoms with Crippen molar-refractivity contribution in [3.63, 3.8) is 0 Å². The fraction of sp³-hybridized carbons (Fsp3) is 0.529. The van der Waals surface area contributed by atoms with Gasteiger partial charge in [0.05, 0.1) is 6.61 Å². The van der Waals surface area contributed by atoms with Crippen molar-refractivity contribution in [1.82, 2.24) is 5.32 Å². The number of aliphatic hydroxyl groups is 1. The predicted octanol–water partition coefficient (Wildman–Crippen LogP) is 2.80. The molecule has 1 aliphatic carbocycles. The van der Waals surface area contributed by atoms with Gasteiger partial charge in [0.15, 0.2) is 0 Å². The lowest BCUT2D eigenvalue weighted by Gasteiger charge is -2.32. The van der Waals surface area contributed by atoms with Gasteiger partial charge in [0.1, 0.15) is 11.8 Å². The molecule has 2 N–H and O–H groups in total. The second-order valence-electron chi connectivity index (χ2n) is 5.42. The summed E-state index contributed by atoms with van der Waals surface area (Å²) in [7, 11) is 0. The molecule has 0 bridgehead atoms. The van der Waals surface area contributed by atoms with Crippen LogP contribution in [0.3, 0.4) is 0 Å². The maximum Gasteiger partial charge on any atom is 0.328 e. The summed E-state index contributed by atoms with van der Waals surface area (Å²) in [6, 6.07) is -0.711. The van der Waals surface area contributed by atoms with Crippen molar-refractivity contribution in [2.45, 2.75) is 46.1 Å². The van der Waals surface area contributed by atoms with E-state index < -0.39 is 17.4 Å². The van der Waals surface area contributed by atoms with Crippen molar-refractivity contribution >= 4 is 11.9 Å². The summed E-state index contributed by atoms with van der Waals surface area (Å²) in [5, 5.41) is 12.2. The predicted molar refractivity (Wildman–Crippen MR) is 85.2 cm³/mol. The molecule has 0 radical (unpaired) electrons. The van der Waals surface area contributed by atoms with Crippen LogP contribution >= 0.6 is 0 Å². The number of hydrogen-bond acceptors (Lipinski definition) is 4. The van der Waals surface area contributed by atoms with Crippen LogP contribution in [0.15, 0.2) is 36.1 Å². The second kappa shape index (κ2) is 8.41. The van der Waals surface area contributed by atoms with Crippen LogP contribution in [0.4, 0.5) is 0 Å². The molecule has 2 atom stereocenters. The van der Waals surface area contributed by atoms with Gasteiger partial charge in [-0.25, -0.2) is 4.79 Å². The van der Waals surface area contributed by atoms with E-state index >= 15 is 0 Å². The average Bonchev–Trinajstić information content (AvgIpc) is 2.47. The molecule has 0 spiro atoms. The van der Waals surface area contributed by atoms with Gasteiger partial charge in [0.2, 0.25) is 5.91 Å². The Bertz CT molecular complexity index is 493. The summed E-state index contributed by atoms with van der Waals surface area (Å²) in [4.78, 5) is 23.5. The van der Waals surface area contributed by atoms with Crippen LogP contribution in [0.2, 0.25) is 0 Å². The van der Waals surface area contributed by atoms with Crippen LogP contribution in [0.5, 0.6) is 0 Å². The van der Waals surface area contributed by atoms with Crippen LogP contribution in [-0.2, 0) is 14.3 Å². The van der Waals surface area contributed by atoms with Crippen LogP contribution in [0.25, 0.3) is 0 Å². The Hall–Kier alpha value is -2.04. The zero-order chi connectivity index (χ0) is 16.6. The number of nitrogens with one attached hydrogen (secondary N) is 1. The van der Waals surface area contributed by atoms with Gasteiger partial charge in [-0.1, -0.05) is 25.2 Å². The molecular formula is C17H25NO4. The lowest BCUT2D eigenvalue weighted by molar-refractivity contribution is -0.147. The van der Waals surface area contributed by atoms with Gasteiger partial charge in [0, 0.05) is 12.3 Å². The van der Waals surface area contributed by atoms with E-state index in [2.05, 4.69) is 5.32 Å². The first-order valence-electron chi connectivity index (χ1n) is 7.62. The number of hydrogen-bond donors (Lipinski definition) is 2. The van der Waals surface area contributed by atoms with Crippen molar-refractivity contribution in [3.05, 3.63) is 36.1 Å². The molecule has 5 nitrogen and oxygen atoms in total. The Balaban J connectivity index is 2.98. The molecule has 0 saturated heterocycles. The first kappa shape index (κ1) is 18.0. The van der Waals surface area contributed by atoms with E-state index in [1.54, 1.807) is 19.1 Å². The van der Waals surface area contributed by atoms with Crippen LogP contribution in [0.1, 0.15) is 40.0 Å². The van der Waals surface area contributed by atoms with Crippen molar-refractivity contribution in [3.8, 4) is 0 Å². The average molecular weight is 307 g/mol. The molecule has 122 valence electrons. The highest BCUT2D eigenvalue weighted by Gasteiger charge is 2.33. The van der Waals surface area contributed by atoms with Crippen molar-refractivity contribution in [2.24, 2.45) is 5.41 Å². The Labute approximate surface area is 131 Å². The zero-order valence-electron chi connectivity index (χ0n) is 13.5. The fourth-order valence-electron chi connectivity index (χ4n) is 2.44. The number of esters is 1. The van der Waals surface area contributed by atoms with Crippen LogP contribution in [-0.4, -0.2) is 29.6 Å². The summed E-state index contributed by atoms with van der Waals surface area (Å²) in [6.45, 7) is 5.41. The van der Waals surface area contributed by atoms with Crippen LogP contribution in [0, 0.1) is 5.41 Å². The van der Waals surface area contributed by atoms with Gasteiger partial charge in [-0.05, 0) is 38.3 Å². The third-order valence-electron chi connectivity index (χ3n) is 3.50. The van der Waals surface area contributed by atoms with Gasteiger partial charge >= 0.3 is 5.97 Å². The van der Waals surface area contributed by atoms with E-state index in [1.165, 1.54) is 6.92 Å². The van der Waals surface area contributed by atoms with E-state index in [0.29, 0.717) is 12.8 Å². The minimum Gasteiger partial charge on any atom is -0.508 e. The van der Waals surface area contributed by atoms with Crippen molar-refractivity contribution < 1.29 is 19.4 Å². The monoisotopic (exact) mass is 307 g/mol. The fourth-order valence-corrected chi connectivity index (χ4v) is 2.44. The first-order chi connectivity index (χ1) is 10.4. The minimum atomic E-state index is -0.711. The standard InChI is InChI=1S/C17H25NO4/c1-4-6-9-17(10-7-14(20)8-11-17)12-15(18-13(3)19)16(21)22-5-2/h6-10,15,20H,4-5,11-12H2,1-3H3,(H,18,19)/t15-,17?/m0/s1. The quantitative estimate of drug-likeness (QED) is 0.560. The molecule has 1 unspecified atom stereocenters. The zero-order valence-corrected chi connectivity index (χ0v) is 13.5. The van der Waals surface area contributed by atoms with Gasteiger partial charge in [0.25, 0.3) is 0 Å². The van der Waals surface area contributed by atoms with E-state index in [4.69, 9.17) is 4.74 Å². The number of aliphatic hydroxyl groups excluding tert-OH is 1. The molecule has 0 saturated carbocycles. The number of ether oxygens (including phenoxy) is 1. The molecule has 5 heteroatoms. The molecule has 0 aliphatic heterocycles. The van der Waals surface area contributed by atoms with E-state index in [1.807, 2.05) is 25.2 Å². The van der Waals surface area contributed by atoms with Gasteiger partial charge in [-0.3, -0.25) is 4.79 Å². The van der Waals surface area contributed by atoms with Crippen LogP contribution < -0.4 is 5.32 Å². The summed E-state index contributed by atoms with van der Waals surface area (Å²) >= 11 is 0. The topological polar surface area (TPSA) is 75.6 Å². The highest BCUT2D eigenvalue weighted by molar-refractivity contribution is 5.83. The molecule has 1 aliphatic rings. The lowest BCUT2D eigenvalue weighted by atomic mass is 9.75. The molecule has 0 aromatic carbocycles.